The van der Waals surface area contributed by atoms with E-state index in [0.29, 0.717) is 6.07 Å². The second-order valence-electron chi connectivity index (χ2n) is 3.92. The summed E-state index contributed by atoms with van der Waals surface area (Å²) in [6.45, 7) is 0. The van der Waals surface area contributed by atoms with Crippen LogP contribution in [0, 0.1) is 5.82 Å². The third-order valence-electron chi connectivity index (χ3n) is 2.62. The largest absolute Gasteiger partial charge is 0.496 e. The molecule has 0 bridgehead atoms. The minimum atomic E-state index is -4.75. The minimum Gasteiger partial charge on any atom is -0.496 e. The lowest BCUT2D eigenvalue weighted by Crippen LogP contribution is -2.13. The molecule has 6 nitrogen and oxygen atoms in total. The SMILES string of the molecule is COc1cc(C(F)(F)F)cc(F)c1-c1n[nH]nc1C(N)=O. The average molecular weight is 304 g/mol. The number of carbonyl (C=O) groups excluding carboxylic acids is 1. The molecule has 0 saturated heterocycles. The van der Waals surface area contributed by atoms with E-state index in [1.807, 2.05) is 0 Å². The molecule has 1 amide bonds. The number of amides is 1. The van der Waals surface area contributed by atoms with E-state index in [1.54, 1.807) is 0 Å². The van der Waals surface area contributed by atoms with Crippen molar-refractivity contribution in [1.29, 1.82) is 0 Å². The van der Waals surface area contributed by atoms with Crippen LogP contribution >= 0.6 is 0 Å². The van der Waals surface area contributed by atoms with Gasteiger partial charge in [-0.2, -0.15) is 28.6 Å². The van der Waals surface area contributed by atoms with E-state index in [-0.39, 0.29) is 11.8 Å². The van der Waals surface area contributed by atoms with Crippen molar-refractivity contribution in [2.45, 2.75) is 6.18 Å². The number of methoxy groups -OCH3 is 1. The molecule has 1 aromatic heterocycles. The predicted octanol–water partition coefficient (Wildman–Crippen LogP) is 1.74. The number of aromatic amines is 1. The molecule has 0 saturated carbocycles. The Bertz CT molecular complexity index is 696. The van der Waals surface area contributed by atoms with Crippen LogP contribution in [0.5, 0.6) is 5.75 Å². The summed E-state index contributed by atoms with van der Waals surface area (Å²) in [7, 11) is 1.06. The number of aromatic nitrogens is 3. The molecule has 0 fully saturated rings. The van der Waals surface area contributed by atoms with Crippen molar-refractivity contribution in [1.82, 2.24) is 15.4 Å². The second kappa shape index (κ2) is 5.04. The van der Waals surface area contributed by atoms with Crippen LogP contribution in [0.1, 0.15) is 16.1 Å². The number of H-pyrrole nitrogens is 1. The number of hydrogen-bond donors (Lipinski definition) is 2. The normalized spacial score (nSPS) is 11.5. The lowest BCUT2D eigenvalue weighted by atomic mass is 10.0. The minimum absolute atomic E-state index is 0.275. The van der Waals surface area contributed by atoms with Crippen LogP contribution in [-0.2, 0) is 6.18 Å². The van der Waals surface area contributed by atoms with Crippen molar-refractivity contribution < 1.29 is 27.1 Å². The van der Waals surface area contributed by atoms with Crippen LogP contribution in [0.4, 0.5) is 17.6 Å². The number of benzene rings is 1. The Hall–Kier alpha value is -2.65. The van der Waals surface area contributed by atoms with Gasteiger partial charge in [-0.3, -0.25) is 4.79 Å². The maximum Gasteiger partial charge on any atom is 0.416 e. The summed E-state index contributed by atoms with van der Waals surface area (Å²) in [5.74, 6) is -2.73. The van der Waals surface area contributed by atoms with E-state index in [2.05, 4.69) is 15.4 Å². The molecule has 3 N–H and O–H groups in total. The van der Waals surface area contributed by atoms with Crippen molar-refractivity contribution in [2.75, 3.05) is 7.11 Å². The quantitative estimate of drug-likeness (QED) is 0.844. The first-order valence-corrected chi connectivity index (χ1v) is 5.41. The fraction of sp³-hybridized carbons (Fsp3) is 0.182. The summed E-state index contributed by atoms with van der Waals surface area (Å²) < 4.78 is 56.7. The molecular weight excluding hydrogens is 296 g/mol. The first kappa shape index (κ1) is 14.8. The Balaban J connectivity index is 2.70. The van der Waals surface area contributed by atoms with Crippen molar-refractivity contribution in [3.63, 3.8) is 0 Å². The van der Waals surface area contributed by atoms with E-state index in [1.165, 1.54) is 0 Å². The third-order valence-corrected chi connectivity index (χ3v) is 2.62. The number of nitrogens with two attached hydrogens (primary N) is 1. The van der Waals surface area contributed by atoms with Crippen LogP contribution in [0.3, 0.4) is 0 Å². The Kier molecular flexibility index (Phi) is 3.54. The Morgan fingerprint density at radius 2 is 2.00 bits per heavy atom. The molecule has 0 spiro atoms. The number of halogens is 4. The van der Waals surface area contributed by atoms with Crippen LogP contribution in [-0.4, -0.2) is 28.4 Å². The van der Waals surface area contributed by atoms with E-state index in [9.17, 15) is 22.4 Å². The number of nitrogens with one attached hydrogen (secondary N) is 1. The molecule has 0 atom stereocenters. The van der Waals surface area contributed by atoms with Crippen LogP contribution in [0.25, 0.3) is 11.3 Å². The topological polar surface area (TPSA) is 93.9 Å². The highest BCUT2D eigenvalue weighted by atomic mass is 19.4. The summed E-state index contributed by atoms with van der Waals surface area (Å²) >= 11 is 0. The van der Waals surface area contributed by atoms with Crippen LogP contribution in [0.15, 0.2) is 12.1 Å². The Labute approximate surface area is 114 Å². The van der Waals surface area contributed by atoms with E-state index in [4.69, 9.17) is 10.5 Å². The van der Waals surface area contributed by atoms with Gasteiger partial charge in [0.05, 0.1) is 18.2 Å². The van der Waals surface area contributed by atoms with Crippen molar-refractivity contribution in [2.24, 2.45) is 5.73 Å². The fourth-order valence-corrected chi connectivity index (χ4v) is 1.71. The zero-order valence-corrected chi connectivity index (χ0v) is 10.5. The molecule has 0 aliphatic heterocycles. The van der Waals surface area contributed by atoms with Gasteiger partial charge in [0.2, 0.25) is 0 Å². The number of primary amides is 1. The number of rotatable bonds is 3. The zero-order chi connectivity index (χ0) is 15.8. The number of carbonyl (C=O) groups is 1. The van der Waals surface area contributed by atoms with E-state index >= 15 is 0 Å². The smallest absolute Gasteiger partial charge is 0.416 e. The van der Waals surface area contributed by atoms with E-state index in [0.717, 1.165) is 7.11 Å². The van der Waals surface area contributed by atoms with Crippen molar-refractivity contribution in [3.8, 4) is 17.0 Å². The number of hydrogen-bond acceptors (Lipinski definition) is 4. The molecule has 0 aliphatic rings. The molecule has 2 aromatic rings. The highest BCUT2D eigenvalue weighted by Gasteiger charge is 2.34. The molecule has 2 rings (SSSR count). The predicted molar refractivity (Wildman–Crippen MR) is 61.8 cm³/mol. The molecule has 112 valence electrons. The standard InChI is InChI=1S/C11H8F4N4O2/c1-21-6-3-4(11(13,14)15)2-5(12)7(6)8-9(10(16)20)18-19-17-8/h2-3H,1H3,(H2,16,20)(H,17,18,19). The summed E-state index contributed by atoms with van der Waals surface area (Å²) in [6.07, 6.45) is -4.75. The Morgan fingerprint density at radius 3 is 2.52 bits per heavy atom. The molecule has 1 aromatic carbocycles. The summed E-state index contributed by atoms with van der Waals surface area (Å²) in [4.78, 5) is 11.1. The molecule has 1 heterocycles. The first-order valence-electron chi connectivity index (χ1n) is 5.41. The fourth-order valence-electron chi connectivity index (χ4n) is 1.71. The van der Waals surface area contributed by atoms with Gasteiger partial charge in [0.25, 0.3) is 5.91 Å². The number of ether oxygens (including phenoxy) is 1. The van der Waals surface area contributed by atoms with Gasteiger partial charge in [-0.05, 0) is 12.1 Å². The maximum absolute atomic E-state index is 14.0. The summed E-state index contributed by atoms with van der Waals surface area (Å²) in [5.41, 5.74) is 2.63. The van der Waals surface area contributed by atoms with Gasteiger partial charge in [0.1, 0.15) is 17.3 Å². The van der Waals surface area contributed by atoms with Gasteiger partial charge in [0, 0.05) is 0 Å². The average Bonchev–Trinajstić information content (AvgIpc) is 2.85. The highest BCUT2D eigenvalue weighted by molar-refractivity contribution is 5.97. The molecule has 0 unspecified atom stereocenters. The van der Waals surface area contributed by atoms with Gasteiger partial charge < -0.3 is 10.5 Å². The van der Waals surface area contributed by atoms with E-state index < -0.39 is 40.5 Å². The molecule has 0 aliphatic carbocycles. The summed E-state index contributed by atoms with van der Waals surface area (Å²) in [6, 6.07) is 0.870. The van der Waals surface area contributed by atoms with Crippen molar-refractivity contribution in [3.05, 3.63) is 29.2 Å². The molecule has 0 radical (unpaired) electrons. The van der Waals surface area contributed by atoms with Gasteiger partial charge >= 0.3 is 6.18 Å². The lowest BCUT2D eigenvalue weighted by molar-refractivity contribution is -0.137. The first-order chi connectivity index (χ1) is 9.75. The van der Waals surface area contributed by atoms with Gasteiger partial charge in [0.15, 0.2) is 5.69 Å². The second-order valence-corrected chi connectivity index (χ2v) is 3.92. The molecular formula is C11H8F4N4O2. The lowest BCUT2D eigenvalue weighted by Gasteiger charge is -2.13. The monoisotopic (exact) mass is 304 g/mol. The Morgan fingerprint density at radius 1 is 1.33 bits per heavy atom. The van der Waals surface area contributed by atoms with Gasteiger partial charge in [-0.25, -0.2) is 4.39 Å². The highest BCUT2D eigenvalue weighted by Crippen LogP contribution is 2.39. The van der Waals surface area contributed by atoms with Gasteiger partial charge in [-0.1, -0.05) is 0 Å². The number of alkyl halides is 3. The van der Waals surface area contributed by atoms with Gasteiger partial charge in [-0.15, -0.1) is 0 Å². The van der Waals surface area contributed by atoms with Crippen LogP contribution < -0.4 is 10.5 Å². The van der Waals surface area contributed by atoms with Crippen LogP contribution in [0.2, 0.25) is 0 Å². The third kappa shape index (κ3) is 2.64. The number of nitrogens with zero attached hydrogens (tertiary/aromatic N) is 2. The van der Waals surface area contributed by atoms with Crippen molar-refractivity contribution >= 4 is 5.91 Å². The molecule has 10 heteroatoms. The maximum atomic E-state index is 14.0. The summed E-state index contributed by atoms with van der Waals surface area (Å²) in [5, 5.41) is 9.01. The zero-order valence-electron chi connectivity index (χ0n) is 10.5. The molecule has 21 heavy (non-hydrogen) atoms.